The van der Waals surface area contributed by atoms with Crippen molar-refractivity contribution >= 4 is 32.5 Å². The Morgan fingerprint density at radius 1 is 1.11 bits per heavy atom. The Hall–Kier alpha value is -3.31. The lowest BCUT2D eigenvalue weighted by atomic mass is 9.94. The van der Waals surface area contributed by atoms with Gasteiger partial charge in [0.2, 0.25) is 0 Å². The molecule has 1 fully saturated rings. The first-order chi connectivity index (χ1) is 16.3. The molecule has 0 unspecified atom stereocenters. The largest absolute Gasteiger partial charge is 0.478 e. The second-order valence-electron chi connectivity index (χ2n) is 8.46. The van der Waals surface area contributed by atoms with Crippen LogP contribution in [0.3, 0.4) is 0 Å². The number of pyridine rings is 1. The summed E-state index contributed by atoms with van der Waals surface area (Å²) in [4.78, 5) is 30.4. The molecule has 11 heteroatoms. The van der Waals surface area contributed by atoms with Gasteiger partial charge in [-0.2, -0.15) is 13.2 Å². The topological polar surface area (TPSA) is 105 Å². The molecule has 1 aliphatic rings. The lowest BCUT2D eigenvalue weighted by molar-refractivity contribution is -0.137. The number of halogens is 3. The summed E-state index contributed by atoms with van der Waals surface area (Å²) in [5, 5.41) is 10.2. The molecule has 0 radical (unpaired) electrons. The second-order valence-corrected chi connectivity index (χ2v) is 10.5. The first-order valence-electron chi connectivity index (χ1n) is 10.7. The lowest BCUT2D eigenvalue weighted by Gasteiger charge is -2.27. The van der Waals surface area contributed by atoms with Crippen molar-refractivity contribution < 1.29 is 36.3 Å². The van der Waals surface area contributed by atoms with Crippen molar-refractivity contribution in [2.45, 2.75) is 30.5 Å². The molecule has 0 aliphatic carbocycles. The number of rotatable bonds is 5. The Labute approximate surface area is 199 Å². The van der Waals surface area contributed by atoms with E-state index in [1.165, 1.54) is 30.3 Å². The van der Waals surface area contributed by atoms with Gasteiger partial charge < -0.3 is 5.11 Å². The van der Waals surface area contributed by atoms with Crippen molar-refractivity contribution in [1.82, 2.24) is 9.88 Å². The molecule has 0 spiro atoms. The molecule has 1 aromatic heterocycles. The maximum absolute atomic E-state index is 13.4. The Morgan fingerprint density at radius 3 is 2.40 bits per heavy atom. The van der Waals surface area contributed by atoms with Crippen LogP contribution in [0.25, 0.3) is 22.2 Å². The molecule has 1 aliphatic heterocycles. The summed E-state index contributed by atoms with van der Waals surface area (Å²) in [7, 11) is -3.66. The average molecular weight is 507 g/mol. The van der Waals surface area contributed by atoms with E-state index in [-0.39, 0.29) is 63.4 Å². The number of fused-ring (bicyclic) bond motifs is 1. The van der Waals surface area contributed by atoms with Crippen molar-refractivity contribution in [2.75, 3.05) is 19.3 Å². The van der Waals surface area contributed by atoms with Gasteiger partial charge >= 0.3 is 12.1 Å². The number of hydrogen-bond donors (Lipinski definition) is 1. The van der Waals surface area contributed by atoms with Crippen LogP contribution in [0.15, 0.2) is 47.4 Å². The number of Topliss-reactive ketones (excluding diaryl/α,β-unsaturated/α-hetero) is 1. The Balaban J connectivity index is 2.00. The molecule has 7 nitrogen and oxygen atoms in total. The number of piperidine rings is 1. The number of hydrogen-bond acceptors (Lipinski definition) is 6. The van der Waals surface area contributed by atoms with E-state index in [1.54, 1.807) is 0 Å². The van der Waals surface area contributed by atoms with Crippen LogP contribution >= 0.6 is 0 Å². The van der Waals surface area contributed by atoms with Gasteiger partial charge in [-0.05, 0) is 30.3 Å². The van der Waals surface area contributed by atoms with Gasteiger partial charge in [-0.1, -0.05) is 12.1 Å². The predicted molar refractivity (Wildman–Crippen MR) is 122 cm³/mol. The Morgan fingerprint density at radius 2 is 1.80 bits per heavy atom. The highest BCUT2D eigenvalue weighted by Gasteiger charge is 2.31. The summed E-state index contributed by atoms with van der Waals surface area (Å²) < 4.78 is 64.4. The molecule has 35 heavy (non-hydrogen) atoms. The summed E-state index contributed by atoms with van der Waals surface area (Å²) in [6, 6.07) is 8.32. The van der Waals surface area contributed by atoms with Crippen LogP contribution in [0.5, 0.6) is 0 Å². The molecule has 1 N–H and O–H groups in total. The van der Waals surface area contributed by atoms with E-state index >= 15 is 0 Å². The molecule has 3 aromatic rings. The molecular weight excluding hydrogens is 485 g/mol. The lowest BCUT2D eigenvalue weighted by Crippen LogP contribution is -2.34. The smallest absolute Gasteiger partial charge is 0.416 e. The zero-order valence-corrected chi connectivity index (χ0v) is 19.4. The Kier molecular flexibility index (Phi) is 6.41. The fourth-order valence-electron chi connectivity index (χ4n) is 4.18. The number of carbonyl (C=O) groups excluding carboxylic acids is 1. The molecule has 0 amide bonds. The van der Waals surface area contributed by atoms with Gasteiger partial charge in [0.25, 0.3) is 0 Å². The summed E-state index contributed by atoms with van der Waals surface area (Å²) in [6.07, 6.45) is -3.06. The number of carboxylic acids is 1. The van der Waals surface area contributed by atoms with Crippen LogP contribution in [0.2, 0.25) is 0 Å². The number of alkyl halides is 3. The minimum absolute atomic E-state index is 0.0204. The third-order valence-electron chi connectivity index (χ3n) is 5.96. The molecule has 0 saturated carbocycles. The van der Waals surface area contributed by atoms with Gasteiger partial charge in [-0.15, -0.1) is 0 Å². The number of carbonyl (C=O) groups is 2. The van der Waals surface area contributed by atoms with Crippen molar-refractivity contribution in [3.05, 3.63) is 59.2 Å². The van der Waals surface area contributed by atoms with E-state index < -0.39 is 27.5 Å². The van der Waals surface area contributed by atoms with Crippen LogP contribution in [-0.4, -0.2) is 54.5 Å². The molecule has 2 aromatic carbocycles. The molecule has 4 rings (SSSR count). The van der Waals surface area contributed by atoms with Gasteiger partial charge in [0.1, 0.15) is 5.78 Å². The highest BCUT2D eigenvalue weighted by molar-refractivity contribution is 7.90. The molecule has 2 heterocycles. The molecule has 184 valence electrons. The number of likely N-dealkylation sites (tertiary alicyclic amines) is 1. The van der Waals surface area contributed by atoms with E-state index in [2.05, 4.69) is 4.98 Å². The monoisotopic (exact) mass is 506 g/mol. The van der Waals surface area contributed by atoms with Gasteiger partial charge in [-0.3, -0.25) is 9.69 Å². The van der Waals surface area contributed by atoms with Crippen molar-refractivity contribution in [3.63, 3.8) is 0 Å². The first kappa shape index (κ1) is 24.8. The summed E-state index contributed by atoms with van der Waals surface area (Å²) in [6.45, 7) is 0.745. The number of ketones is 1. The fraction of sp³-hybridized carbons (Fsp3) is 0.292. The van der Waals surface area contributed by atoms with E-state index in [1.807, 2.05) is 4.90 Å². The maximum Gasteiger partial charge on any atom is 0.416 e. The van der Waals surface area contributed by atoms with Gasteiger partial charge in [-0.25, -0.2) is 18.2 Å². The highest BCUT2D eigenvalue weighted by Crippen LogP contribution is 2.36. The third kappa shape index (κ3) is 5.20. The number of sulfone groups is 1. The quantitative estimate of drug-likeness (QED) is 0.553. The zero-order valence-electron chi connectivity index (χ0n) is 18.6. The van der Waals surface area contributed by atoms with Crippen LogP contribution in [0, 0.1) is 0 Å². The SMILES string of the molecule is CS(=O)(=O)c1ccc2nc(-c3cccc(C(F)(F)F)c3)c(CN3CCC(=O)CC3)c(C(=O)O)c2c1. The normalized spacial score (nSPS) is 15.5. The number of aromatic nitrogens is 1. The molecule has 1 saturated heterocycles. The first-order valence-corrected chi connectivity index (χ1v) is 12.6. The van der Waals surface area contributed by atoms with Crippen LogP contribution in [0.1, 0.15) is 34.3 Å². The standard InChI is InChI=1S/C24H21F3N2O5S/c1-35(33,34)17-5-6-20-18(12-17)21(23(31)32)19(13-29-9-7-16(30)8-10-29)22(28-20)14-3-2-4-15(11-14)24(25,26)27/h2-6,11-12H,7-10,13H2,1H3,(H,31,32). The summed E-state index contributed by atoms with van der Waals surface area (Å²) in [5.74, 6) is -1.29. The minimum atomic E-state index is -4.61. The van der Waals surface area contributed by atoms with E-state index in [9.17, 15) is 36.3 Å². The van der Waals surface area contributed by atoms with Gasteiger partial charge in [0, 0.05) is 55.2 Å². The third-order valence-corrected chi connectivity index (χ3v) is 7.07. The van der Waals surface area contributed by atoms with Gasteiger partial charge in [0.05, 0.1) is 27.2 Å². The van der Waals surface area contributed by atoms with E-state index in [4.69, 9.17) is 0 Å². The number of benzene rings is 2. The molecular formula is C24H21F3N2O5S. The second kappa shape index (κ2) is 9.04. The number of aromatic carboxylic acids is 1. The Bertz CT molecular complexity index is 1440. The maximum atomic E-state index is 13.4. The highest BCUT2D eigenvalue weighted by atomic mass is 32.2. The number of carboxylic acid groups (broad SMARTS) is 1. The predicted octanol–water partition coefficient (Wildman–Crippen LogP) is 4.19. The van der Waals surface area contributed by atoms with E-state index in [0.717, 1.165) is 18.4 Å². The van der Waals surface area contributed by atoms with Crippen LogP contribution in [0.4, 0.5) is 13.2 Å². The van der Waals surface area contributed by atoms with Crippen LogP contribution in [-0.2, 0) is 27.4 Å². The zero-order chi connectivity index (χ0) is 25.5. The van der Waals surface area contributed by atoms with E-state index in [0.29, 0.717) is 13.1 Å². The number of nitrogens with zero attached hydrogens (tertiary/aromatic N) is 2. The summed E-state index contributed by atoms with van der Waals surface area (Å²) in [5.41, 5.74) is -0.700. The summed E-state index contributed by atoms with van der Waals surface area (Å²) >= 11 is 0. The van der Waals surface area contributed by atoms with Crippen molar-refractivity contribution in [1.29, 1.82) is 0 Å². The van der Waals surface area contributed by atoms with Crippen LogP contribution < -0.4 is 0 Å². The minimum Gasteiger partial charge on any atom is -0.478 e. The molecule has 0 bridgehead atoms. The van der Waals surface area contributed by atoms with Gasteiger partial charge in [0.15, 0.2) is 9.84 Å². The van der Waals surface area contributed by atoms with Crippen molar-refractivity contribution in [2.24, 2.45) is 0 Å². The average Bonchev–Trinajstić information content (AvgIpc) is 2.78. The molecule has 0 atom stereocenters. The fourth-order valence-corrected chi connectivity index (χ4v) is 4.82. The van der Waals surface area contributed by atoms with Crippen molar-refractivity contribution in [3.8, 4) is 11.3 Å².